The average Bonchev–Trinajstić information content (AvgIpc) is 2.41. The van der Waals surface area contributed by atoms with Gasteiger partial charge in [0.25, 0.3) is 0 Å². The molecule has 122 valence electrons. The molecule has 0 saturated heterocycles. The molecular formula is C14H32IN3OS. The lowest BCUT2D eigenvalue weighted by Crippen LogP contribution is -2.38. The van der Waals surface area contributed by atoms with Gasteiger partial charge in [0.2, 0.25) is 0 Å². The number of rotatable bonds is 11. The molecule has 0 aromatic heterocycles. The fourth-order valence-electron chi connectivity index (χ4n) is 1.90. The molecule has 1 atom stereocenters. The Labute approximate surface area is 146 Å². The van der Waals surface area contributed by atoms with Crippen LogP contribution in [0.15, 0.2) is 4.99 Å². The number of aliphatic imine (C=N–C) groups is 1. The molecule has 0 aromatic rings. The Morgan fingerprint density at radius 3 is 2.55 bits per heavy atom. The Balaban J connectivity index is 0. The van der Waals surface area contributed by atoms with Crippen LogP contribution < -0.4 is 10.6 Å². The Hall–Kier alpha value is 0.310. The van der Waals surface area contributed by atoms with Crippen molar-refractivity contribution in [2.24, 2.45) is 10.9 Å². The van der Waals surface area contributed by atoms with Crippen LogP contribution in [0, 0.1) is 5.92 Å². The van der Waals surface area contributed by atoms with Gasteiger partial charge < -0.3 is 15.7 Å². The van der Waals surface area contributed by atoms with Gasteiger partial charge in [-0.1, -0.05) is 13.3 Å². The van der Waals surface area contributed by atoms with Crippen molar-refractivity contribution >= 4 is 41.7 Å². The van der Waals surface area contributed by atoms with Gasteiger partial charge in [-0.2, -0.15) is 11.8 Å². The molecule has 0 rings (SSSR count). The molecular weight excluding hydrogens is 385 g/mol. The zero-order chi connectivity index (χ0) is 14.3. The number of halogens is 1. The summed E-state index contributed by atoms with van der Waals surface area (Å²) in [6, 6.07) is 0. The maximum atomic E-state index is 9.05. The third kappa shape index (κ3) is 13.3. The lowest BCUT2D eigenvalue weighted by Gasteiger charge is -2.15. The Kier molecular flexibility index (Phi) is 19.6. The molecule has 0 aromatic carbocycles. The van der Waals surface area contributed by atoms with Crippen LogP contribution in [0.4, 0.5) is 0 Å². The van der Waals surface area contributed by atoms with Crippen molar-refractivity contribution in [2.45, 2.75) is 39.5 Å². The summed E-state index contributed by atoms with van der Waals surface area (Å²) in [5.74, 6) is 2.58. The first-order valence-electron chi connectivity index (χ1n) is 7.40. The van der Waals surface area contributed by atoms with Gasteiger partial charge in [0.15, 0.2) is 5.96 Å². The highest BCUT2D eigenvalue weighted by atomic mass is 127. The van der Waals surface area contributed by atoms with E-state index in [4.69, 9.17) is 5.11 Å². The predicted molar refractivity (Wildman–Crippen MR) is 102 cm³/mol. The number of aliphatic hydroxyl groups excluding tert-OH is 1. The van der Waals surface area contributed by atoms with E-state index in [1.165, 1.54) is 5.75 Å². The molecule has 0 fully saturated rings. The fraction of sp³-hybridized carbons (Fsp3) is 0.929. The highest BCUT2D eigenvalue weighted by molar-refractivity contribution is 14.0. The monoisotopic (exact) mass is 417 g/mol. The smallest absolute Gasteiger partial charge is 0.191 e. The van der Waals surface area contributed by atoms with E-state index in [2.05, 4.69) is 35.7 Å². The molecule has 20 heavy (non-hydrogen) atoms. The molecule has 0 amide bonds. The number of nitrogens with zero attached hydrogens (tertiary/aromatic N) is 1. The lowest BCUT2D eigenvalue weighted by atomic mass is 10.0. The van der Waals surface area contributed by atoms with Crippen molar-refractivity contribution in [1.82, 2.24) is 10.6 Å². The van der Waals surface area contributed by atoms with Crippen molar-refractivity contribution in [3.8, 4) is 0 Å². The van der Waals surface area contributed by atoms with Crippen molar-refractivity contribution in [3.63, 3.8) is 0 Å². The number of guanidine groups is 1. The van der Waals surface area contributed by atoms with Crippen LogP contribution in [0.3, 0.4) is 0 Å². The SMILES string of the molecule is CCCC(CCO)CN=C(NCC)NCCCSC.I. The van der Waals surface area contributed by atoms with Gasteiger partial charge in [0, 0.05) is 26.2 Å². The molecule has 0 bridgehead atoms. The van der Waals surface area contributed by atoms with Crippen LogP contribution >= 0.6 is 35.7 Å². The first-order chi connectivity index (χ1) is 9.28. The van der Waals surface area contributed by atoms with E-state index in [1.807, 2.05) is 11.8 Å². The van der Waals surface area contributed by atoms with E-state index >= 15 is 0 Å². The van der Waals surface area contributed by atoms with E-state index in [0.29, 0.717) is 5.92 Å². The van der Waals surface area contributed by atoms with Gasteiger partial charge in [-0.3, -0.25) is 4.99 Å². The normalized spacial score (nSPS) is 12.7. The Bertz CT molecular complexity index is 224. The maximum Gasteiger partial charge on any atom is 0.191 e. The molecule has 3 N–H and O–H groups in total. The van der Waals surface area contributed by atoms with Gasteiger partial charge in [-0.25, -0.2) is 0 Å². The maximum absolute atomic E-state index is 9.05. The summed E-state index contributed by atoms with van der Waals surface area (Å²) in [5.41, 5.74) is 0. The van der Waals surface area contributed by atoms with Gasteiger partial charge >= 0.3 is 0 Å². The number of thioether (sulfide) groups is 1. The highest BCUT2D eigenvalue weighted by Gasteiger charge is 2.07. The van der Waals surface area contributed by atoms with Crippen molar-refractivity contribution < 1.29 is 5.11 Å². The van der Waals surface area contributed by atoms with Gasteiger partial charge in [0.1, 0.15) is 0 Å². The standard InChI is InChI=1S/C14H31N3OS.HI/c1-4-7-13(8-10-18)12-17-14(15-5-2)16-9-6-11-19-3;/h13,18H,4-12H2,1-3H3,(H2,15,16,17);1H. The summed E-state index contributed by atoms with van der Waals surface area (Å²) in [7, 11) is 0. The van der Waals surface area contributed by atoms with Crippen LogP contribution in [0.1, 0.15) is 39.5 Å². The van der Waals surface area contributed by atoms with E-state index in [0.717, 1.165) is 51.3 Å². The number of hydrogen-bond acceptors (Lipinski definition) is 3. The second-order valence-corrected chi connectivity index (χ2v) is 5.65. The quantitative estimate of drug-likeness (QED) is 0.209. The molecule has 0 heterocycles. The second-order valence-electron chi connectivity index (χ2n) is 4.66. The second kappa shape index (κ2) is 17.4. The third-order valence-corrected chi connectivity index (χ3v) is 3.60. The molecule has 1 unspecified atom stereocenters. The molecule has 0 saturated carbocycles. The Morgan fingerprint density at radius 2 is 2.00 bits per heavy atom. The van der Waals surface area contributed by atoms with E-state index in [9.17, 15) is 0 Å². The summed E-state index contributed by atoms with van der Waals surface area (Å²) in [5, 5.41) is 15.7. The molecule has 6 heteroatoms. The molecule has 4 nitrogen and oxygen atoms in total. The summed E-state index contributed by atoms with van der Waals surface area (Å²) < 4.78 is 0. The van der Waals surface area contributed by atoms with Gasteiger partial charge in [0.05, 0.1) is 0 Å². The van der Waals surface area contributed by atoms with Gasteiger partial charge in [-0.15, -0.1) is 24.0 Å². The summed E-state index contributed by atoms with van der Waals surface area (Å²) >= 11 is 1.87. The molecule has 0 aliphatic heterocycles. The van der Waals surface area contributed by atoms with Crippen molar-refractivity contribution in [1.29, 1.82) is 0 Å². The van der Waals surface area contributed by atoms with Crippen LogP contribution in [0.5, 0.6) is 0 Å². The van der Waals surface area contributed by atoms with Gasteiger partial charge in [-0.05, 0) is 44.1 Å². The zero-order valence-corrected chi connectivity index (χ0v) is 16.3. The molecule has 0 aliphatic carbocycles. The highest BCUT2D eigenvalue weighted by Crippen LogP contribution is 2.10. The zero-order valence-electron chi connectivity index (χ0n) is 13.2. The molecule has 0 radical (unpaired) electrons. The predicted octanol–water partition coefficient (Wildman–Crippen LogP) is 2.71. The van der Waals surface area contributed by atoms with E-state index < -0.39 is 0 Å². The first-order valence-corrected chi connectivity index (χ1v) is 8.79. The van der Waals surface area contributed by atoms with Crippen molar-refractivity contribution in [3.05, 3.63) is 0 Å². The van der Waals surface area contributed by atoms with Crippen molar-refractivity contribution in [2.75, 3.05) is 38.2 Å². The summed E-state index contributed by atoms with van der Waals surface area (Å²) in [6.07, 6.45) is 6.42. The van der Waals surface area contributed by atoms with Crippen LogP contribution in [-0.4, -0.2) is 49.3 Å². The minimum Gasteiger partial charge on any atom is -0.396 e. The third-order valence-electron chi connectivity index (χ3n) is 2.90. The minimum atomic E-state index is 0. The lowest BCUT2D eigenvalue weighted by molar-refractivity contribution is 0.253. The number of hydrogen-bond donors (Lipinski definition) is 3. The Morgan fingerprint density at radius 1 is 1.25 bits per heavy atom. The summed E-state index contributed by atoms with van der Waals surface area (Å²) in [4.78, 5) is 4.63. The van der Waals surface area contributed by atoms with Crippen LogP contribution in [0.25, 0.3) is 0 Å². The largest absolute Gasteiger partial charge is 0.396 e. The minimum absolute atomic E-state index is 0. The average molecular weight is 417 g/mol. The van der Waals surface area contributed by atoms with E-state index in [-0.39, 0.29) is 30.6 Å². The van der Waals surface area contributed by atoms with E-state index in [1.54, 1.807) is 0 Å². The number of aliphatic hydroxyl groups is 1. The summed E-state index contributed by atoms with van der Waals surface area (Å²) in [6.45, 7) is 7.17. The molecule has 0 aliphatic rings. The fourth-order valence-corrected chi connectivity index (χ4v) is 2.34. The first kappa shape index (κ1) is 22.6. The molecule has 0 spiro atoms. The number of nitrogens with one attached hydrogen (secondary N) is 2. The van der Waals surface area contributed by atoms with Crippen LogP contribution in [0.2, 0.25) is 0 Å². The van der Waals surface area contributed by atoms with Crippen LogP contribution in [-0.2, 0) is 0 Å². The topological polar surface area (TPSA) is 56.7 Å².